The Bertz CT molecular complexity index is 1050. The zero-order valence-electron chi connectivity index (χ0n) is 15.2. The van der Waals surface area contributed by atoms with Crippen LogP contribution in [0.3, 0.4) is 0 Å². The first-order chi connectivity index (χ1) is 13.7. The normalized spacial score (nSPS) is 11.8. The van der Waals surface area contributed by atoms with Gasteiger partial charge in [-0.25, -0.2) is 4.39 Å². The van der Waals surface area contributed by atoms with Crippen molar-refractivity contribution >= 4 is 5.69 Å². The average Bonchev–Trinajstić information content (AvgIpc) is 3.24. The lowest BCUT2D eigenvalue weighted by Gasteiger charge is -2.18. The number of rotatable bonds is 6. The Kier molecular flexibility index (Phi) is 5.01. The number of benzene rings is 3. The number of methoxy groups -OCH3 is 1. The summed E-state index contributed by atoms with van der Waals surface area (Å²) in [6.07, 6.45) is 0. The lowest BCUT2D eigenvalue weighted by atomic mass is 10.1. The molecule has 1 heterocycles. The molecule has 140 valence electrons. The maximum absolute atomic E-state index is 14.5. The van der Waals surface area contributed by atoms with Crippen LogP contribution in [0.25, 0.3) is 11.5 Å². The van der Waals surface area contributed by atoms with Gasteiger partial charge in [0, 0.05) is 16.8 Å². The predicted octanol–water partition coefficient (Wildman–Crippen LogP) is 5.09. The number of halogens is 1. The topological polar surface area (TPSA) is 60.2 Å². The van der Waals surface area contributed by atoms with Gasteiger partial charge in [0.15, 0.2) is 0 Å². The van der Waals surface area contributed by atoms with E-state index < -0.39 is 6.04 Å². The van der Waals surface area contributed by atoms with Gasteiger partial charge in [0.25, 0.3) is 0 Å². The Hall–Kier alpha value is -3.67. The zero-order valence-corrected chi connectivity index (χ0v) is 15.2. The zero-order chi connectivity index (χ0) is 19.3. The van der Waals surface area contributed by atoms with Crippen LogP contribution >= 0.6 is 0 Å². The predicted molar refractivity (Wildman–Crippen MR) is 105 cm³/mol. The van der Waals surface area contributed by atoms with Crippen LogP contribution in [0.4, 0.5) is 10.1 Å². The molecule has 1 N–H and O–H groups in total. The molecule has 4 aromatic rings. The largest absolute Gasteiger partial charge is 0.497 e. The molecule has 0 fully saturated rings. The Morgan fingerprint density at radius 2 is 1.61 bits per heavy atom. The van der Waals surface area contributed by atoms with E-state index in [9.17, 15) is 4.39 Å². The summed E-state index contributed by atoms with van der Waals surface area (Å²) in [6, 6.07) is 22.7. The van der Waals surface area contributed by atoms with Gasteiger partial charge in [0.1, 0.15) is 17.6 Å². The summed E-state index contributed by atoms with van der Waals surface area (Å²) in [5.41, 5.74) is 1.99. The third kappa shape index (κ3) is 3.71. The van der Waals surface area contributed by atoms with Crippen LogP contribution in [0.15, 0.2) is 83.3 Å². The summed E-state index contributed by atoms with van der Waals surface area (Å²) >= 11 is 0. The molecule has 3 aromatic carbocycles. The molecule has 0 aliphatic rings. The van der Waals surface area contributed by atoms with Crippen LogP contribution in [-0.4, -0.2) is 17.3 Å². The van der Waals surface area contributed by atoms with Gasteiger partial charge in [-0.1, -0.05) is 36.4 Å². The van der Waals surface area contributed by atoms with Crippen molar-refractivity contribution in [3.63, 3.8) is 0 Å². The second kappa shape index (κ2) is 7.92. The Morgan fingerprint density at radius 3 is 2.32 bits per heavy atom. The van der Waals surface area contributed by atoms with Crippen molar-refractivity contribution < 1.29 is 13.5 Å². The van der Waals surface area contributed by atoms with Crippen molar-refractivity contribution in [3.05, 3.63) is 96.1 Å². The Morgan fingerprint density at radius 1 is 0.893 bits per heavy atom. The van der Waals surface area contributed by atoms with Crippen LogP contribution in [0.2, 0.25) is 0 Å². The number of anilines is 1. The summed E-state index contributed by atoms with van der Waals surface area (Å²) < 4.78 is 25.6. The summed E-state index contributed by atoms with van der Waals surface area (Å²) in [5.74, 6) is 1.04. The van der Waals surface area contributed by atoms with Gasteiger partial charge in [-0.15, -0.1) is 10.2 Å². The maximum Gasteiger partial charge on any atom is 0.247 e. The molecule has 1 aromatic heterocycles. The third-order valence-electron chi connectivity index (χ3n) is 4.33. The number of nitrogens with zero attached hydrogens (tertiary/aromatic N) is 2. The van der Waals surface area contributed by atoms with Gasteiger partial charge in [-0.3, -0.25) is 0 Å². The third-order valence-corrected chi connectivity index (χ3v) is 4.33. The van der Waals surface area contributed by atoms with E-state index >= 15 is 0 Å². The fourth-order valence-corrected chi connectivity index (χ4v) is 2.88. The minimum Gasteiger partial charge on any atom is -0.497 e. The highest BCUT2D eigenvalue weighted by Gasteiger charge is 2.24. The maximum atomic E-state index is 14.5. The molecule has 1 atom stereocenters. The number of ether oxygens (including phenoxy) is 1. The molecule has 0 saturated carbocycles. The Balaban J connectivity index is 1.71. The van der Waals surface area contributed by atoms with Gasteiger partial charge in [-0.2, -0.15) is 0 Å². The molecule has 0 saturated heterocycles. The minimum atomic E-state index is -0.639. The van der Waals surface area contributed by atoms with Crippen molar-refractivity contribution in [3.8, 4) is 17.2 Å². The average molecular weight is 375 g/mol. The van der Waals surface area contributed by atoms with Gasteiger partial charge in [0.05, 0.1) is 7.11 Å². The van der Waals surface area contributed by atoms with Crippen molar-refractivity contribution in [1.82, 2.24) is 10.2 Å². The van der Waals surface area contributed by atoms with Gasteiger partial charge in [-0.05, 0) is 42.5 Å². The number of hydrogen-bond donors (Lipinski definition) is 1. The van der Waals surface area contributed by atoms with E-state index in [1.807, 2.05) is 54.6 Å². The fraction of sp³-hybridized carbons (Fsp3) is 0.0909. The van der Waals surface area contributed by atoms with Crippen molar-refractivity contribution in [2.24, 2.45) is 0 Å². The van der Waals surface area contributed by atoms with Crippen LogP contribution in [0.5, 0.6) is 5.75 Å². The molecule has 28 heavy (non-hydrogen) atoms. The highest BCUT2D eigenvalue weighted by Crippen LogP contribution is 2.30. The second-order valence-corrected chi connectivity index (χ2v) is 6.14. The van der Waals surface area contributed by atoms with E-state index in [-0.39, 0.29) is 11.7 Å². The lowest BCUT2D eigenvalue weighted by molar-refractivity contribution is 0.415. The monoisotopic (exact) mass is 375 g/mol. The van der Waals surface area contributed by atoms with Gasteiger partial charge in [0.2, 0.25) is 11.8 Å². The SMILES string of the molecule is COc1ccc(N[C@@H](c2nnc(-c3ccccc3)o2)c2ccccc2F)cc1. The molecule has 0 radical (unpaired) electrons. The van der Waals surface area contributed by atoms with Crippen molar-refractivity contribution in [2.75, 3.05) is 12.4 Å². The quantitative estimate of drug-likeness (QED) is 0.509. The van der Waals surface area contributed by atoms with E-state index in [0.29, 0.717) is 11.5 Å². The second-order valence-electron chi connectivity index (χ2n) is 6.14. The summed E-state index contributed by atoms with van der Waals surface area (Å²) in [6.45, 7) is 0. The van der Waals surface area contributed by atoms with Crippen LogP contribution in [0.1, 0.15) is 17.5 Å². The first-order valence-corrected chi connectivity index (χ1v) is 8.78. The molecular formula is C22H18FN3O2. The van der Waals surface area contributed by atoms with E-state index in [1.165, 1.54) is 6.07 Å². The number of nitrogens with one attached hydrogen (secondary N) is 1. The molecule has 5 nitrogen and oxygen atoms in total. The number of hydrogen-bond acceptors (Lipinski definition) is 5. The molecule has 0 amide bonds. The molecule has 0 aliphatic heterocycles. The summed E-state index contributed by atoms with van der Waals surface area (Å²) in [5, 5.41) is 11.6. The molecule has 0 aliphatic carbocycles. The number of aromatic nitrogens is 2. The van der Waals surface area contributed by atoms with Gasteiger partial charge < -0.3 is 14.5 Å². The standard InChI is InChI=1S/C22H18FN3O2/c1-27-17-13-11-16(12-14-17)24-20(18-9-5-6-10-19(18)23)22-26-25-21(28-22)15-7-3-2-4-8-15/h2-14,20,24H,1H3/t20-/m1/s1. The molecule has 4 rings (SSSR count). The van der Waals surface area contributed by atoms with Crippen LogP contribution < -0.4 is 10.1 Å². The highest BCUT2D eigenvalue weighted by molar-refractivity contribution is 5.53. The summed E-state index contributed by atoms with van der Waals surface area (Å²) in [4.78, 5) is 0. The minimum absolute atomic E-state index is 0.278. The summed E-state index contributed by atoms with van der Waals surface area (Å²) in [7, 11) is 1.61. The lowest BCUT2D eigenvalue weighted by Crippen LogP contribution is -2.14. The first kappa shape index (κ1) is 17.7. The van der Waals surface area contributed by atoms with Crippen LogP contribution in [-0.2, 0) is 0 Å². The highest BCUT2D eigenvalue weighted by atomic mass is 19.1. The smallest absolute Gasteiger partial charge is 0.247 e. The van der Waals surface area contributed by atoms with Gasteiger partial charge >= 0.3 is 0 Å². The fourth-order valence-electron chi connectivity index (χ4n) is 2.88. The van der Waals surface area contributed by atoms with E-state index in [1.54, 1.807) is 25.3 Å². The van der Waals surface area contributed by atoms with E-state index in [2.05, 4.69) is 15.5 Å². The van der Waals surface area contributed by atoms with Crippen LogP contribution in [0, 0.1) is 5.82 Å². The Labute approximate surface area is 161 Å². The molecule has 6 heteroatoms. The van der Waals surface area contributed by atoms with Crippen molar-refractivity contribution in [2.45, 2.75) is 6.04 Å². The van der Waals surface area contributed by atoms with E-state index in [4.69, 9.17) is 9.15 Å². The molecule has 0 spiro atoms. The van der Waals surface area contributed by atoms with Crippen molar-refractivity contribution in [1.29, 1.82) is 0 Å². The molecule has 0 unspecified atom stereocenters. The molecular weight excluding hydrogens is 357 g/mol. The first-order valence-electron chi connectivity index (χ1n) is 8.78. The van der Waals surface area contributed by atoms with E-state index in [0.717, 1.165) is 17.0 Å². The molecule has 0 bridgehead atoms.